The number of fused-ring (bicyclic) bond motifs is 1. The van der Waals surface area contributed by atoms with Gasteiger partial charge in [-0.2, -0.15) is 0 Å². The lowest BCUT2D eigenvalue weighted by Gasteiger charge is -2.11. The number of halogens is 2. The molecule has 2 aromatic heterocycles. The molecule has 8 heteroatoms. The molecule has 0 amide bonds. The Bertz CT molecular complexity index is 1200. The highest BCUT2D eigenvalue weighted by Crippen LogP contribution is 2.33. The Labute approximate surface area is 167 Å². The van der Waals surface area contributed by atoms with E-state index in [1.54, 1.807) is 37.6 Å². The quantitative estimate of drug-likeness (QED) is 0.441. The molecule has 0 spiro atoms. The zero-order chi connectivity index (χ0) is 19.7. The molecule has 4 aromatic rings. The third-order valence-electron chi connectivity index (χ3n) is 4.05. The van der Waals surface area contributed by atoms with Crippen molar-refractivity contribution in [3.05, 3.63) is 74.0 Å². The molecule has 2 aromatic carbocycles. The molecular weight excluding hydrogens is 405 g/mol. The molecular formula is C20H13ClFNO4S. The minimum atomic E-state index is -0.530. The molecule has 4 rings (SSSR count). The third-order valence-corrected chi connectivity index (χ3v) is 5.14. The van der Waals surface area contributed by atoms with E-state index in [9.17, 15) is 9.18 Å². The zero-order valence-corrected chi connectivity index (χ0v) is 16.1. The van der Waals surface area contributed by atoms with Gasteiger partial charge < -0.3 is 13.9 Å². The zero-order valence-electron chi connectivity index (χ0n) is 14.6. The van der Waals surface area contributed by atoms with Crippen molar-refractivity contribution in [2.24, 2.45) is 0 Å². The van der Waals surface area contributed by atoms with Crippen LogP contribution in [0, 0.1) is 5.82 Å². The molecule has 2 heterocycles. The molecule has 0 aliphatic rings. The Morgan fingerprint density at radius 1 is 1.21 bits per heavy atom. The molecule has 5 nitrogen and oxygen atoms in total. The minimum Gasteiger partial charge on any atom is -0.497 e. The van der Waals surface area contributed by atoms with Crippen LogP contribution in [0.3, 0.4) is 0 Å². The van der Waals surface area contributed by atoms with Crippen LogP contribution in [0.1, 0.15) is 4.88 Å². The average molecular weight is 418 g/mol. The van der Waals surface area contributed by atoms with Crippen LogP contribution < -0.4 is 14.9 Å². The smallest absolute Gasteiger partial charge is 0.235 e. The molecule has 0 unspecified atom stereocenters. The van der Waals surface area contributed by atoms with Crippen LogP contribution in [0.5, 0.6) is 11.5 Å². The van der Waals surface area contributed by atoms with E-state index in [1.165, 1.54) is 23.5 Å². The number of rotatable bonds is 5. The van der Waals surface area contributed by atoms with Gasteiger partial charge in [0.1, 0.15) is 23.8 Å². The van der Waals surface area contributed by atoms with Gasteiger partial charge in [0.25, 0.3) is 0 Å². The highest BCUT2D eigenvalue weighted by molar-refractivity contribution is 7.15. The van der Waals surface area contributed by atoms with E-state index < -0.39 is 11.2 Å². The van der Waals surface area contributed by atoms with Crippen molar-refractivity contribution >= 4 is 33.9 Å². The van der Waals surface area contributed by atoms with Crippen LogP contribution in [0.15, 0.2) is 57.9 Å². The van der Waals surface area contributed by atoms with Gasteiger partial charge in [0.2, 0.25) is 11.2 Å². The molecule has 0 saturated carbocycles. The van der Waals surface area contributed by atoms with Gasteiger partial charge in [-0.1, -0.05) is 11.6 Å². The summed E-state index contributed by atoms with van der Waals surface area (Å²) >= 11 is 7.09. The maximum absolute atomic E-state index is 13.7. The maximum atomic E-state index is 13.7. The topological polar surface area (TPSA) is 61.6 Å². The Hall–Kier alpha value is -2.90. The number of hydrogen-bond acceptors (Lipinski definition) is 6. The van der Waals surface area contributed by atoms with Crippen LogP contribution in [-0.4, -0.2) is 12.1 Å². The second kappa shape index (κ2) is 7.61. The number of benzene rings is 2. The summed E-state index contributed by atoms with van der Waals surface area (Å²) in [6.45, 7) is 0.0825. The first-order valence-corrected chi connectivity index (χ1v) is 9.38. The minimum absolute atomic E-state index is 0.00668. The normalized spacial score (nSPS) is 11.0. The summed E-state index contributed by atoms with van der Waals surface area (Å²) in [6, 6.07) is 10.8. The monoisotopic (exact) mass is 417 g/mol. The fourth-order valence-electron chi connectivity index (χ4n) is 2.71. The van der Waals surface area contributed by atoms with Crippen LogP contribution in [0.4, 0.5) is 4.39 Å². The van der Waals surface area contributed by atoms with Crippen LogP contribution in [0.2, 0.25) is 4.47 Å². The number of hydrogen-bond donors (Lipinski definition) is 0. The lowest BCUT2D eigenvalue weighted by atomic mass is 10.1. The standard InChI is InChI=1S/C20H13ClFNO4S/c1-25-13-5-2-11(3-6-13)18-19(26-10-14-9-23-20(21)28-14)17(24)15-8-12(22)4-7-16(15)27-18/h2-9H,10H2,1H3. The predicted octanol–water partition coefficient (Wildman–Crippen LogP) is 5.30. The lowest BCUT2D eigenvalue weighted by Crippen LogP contribution is -2.10. The Kier molecular flexibility index (Phi) is 5.02. The van der Waals surface area contributed by atoms with Crippen molar-refractivity contribution in [3.63, 3.8) is 0 Å². The SMILES string of the molecule is COc1ccc(-c2oc3ccc(F)cc3c(=O)c2OCc2cnc(Cl)s2)cc1. The number of aromatic nitrogens is 1. The highest BCUT2D eigenvalue weighted by Gasteiger charge is 2.19. The van der Waals surface area contributed by atoms with Gasteiger partial charge in [-0.3, -0.25) is 4.79 Å². The van der Waals surface area contributed by atoms with Gasteiger partial charge in [-0.15, -0.1) is 11.3 Å². The van der Waals surface area contributed by atoms with Crippen molar-refractivity contribution in [3.8, 4) is 22.8 Å². The van der Waals surface area contributed by atoms with Gasteiger partial charge in [0.05, 0.1) is 17.4 Å². The first-order chi connectivity index (χ1) is 13.5. The van der Waals surface area contributed by atoms with Gasteiger partial charge in [-0.25, -0.2) is 9.37 Å². The fraction of sp³-hybridized carbons (Fsp3) is 0.100. The van der Waals surface area contributed by atoms with E-state index in [-0.39, 0.29) is 29.1 Å². The summed E-state index contributed by atoms with van der Waals surface area (Å²) < 4.78 is 30.9. The van der Waals surface area contributed by atoms with Crippen LogP contribution in [-0.2, 0) is 6.61 Å². The van der Waals surface area contributed by atoms with E-state index in [0.717, 1.165) is 10.9 Å². The van der Waals surface area contributed by atoms with Crippen molar-refractivity contribution in [2.45, 2.75) is 6.61 Å². The molecule has 142 valence electrons. The Morgan fingerprint density at radius 2 is 2.00 bits per heavy atom. The number of thiazole rings is 1. The summed E-state index contributed by atoms with van der Waals surface area (Å²) in [5, 5.41) is 0.106. The molecule has 0 atom stereocenters. The van der Waals surface area contributed by atoms with Crippen LogP contribution >= 0.6 is 22.9 Å². The summed E-state index contributed by atoms with van der Waals surface area (Å²) in [4.78, 5) is 17.7. The highest BCUT2D eigenvalue weighted by atomic mass is 35.5. The average Bonchev–Trinajstić information content (AvgIpc) is 3.13. The van der Waals surface area contributed by atoms with Crippen molar-refractivity contribution in [1.29, 1.82) is 0 Å². The van der Waals surface area contributed by atoms with Gasteiger partial charge >= 0.3 is 0 Å². The molecule has 0 aliphatic carbocycles. The molecule has 0 aliphatic heterocycles. The van der Waals surface area contributed by atoms with E-state index in [1.807, 2.05) is 0 Å². The van der Waals surface area contributed by atoms with E-state index in [2.05, 4.69) is 4.98 Å². The Balaban J connectivity index is 1.84. The van der Waals surface area contributed by atoms with Crippen molar-refractivity contribution in [2.75, 3.05) is 7.11 Å². The Morgan fingerprint density at radius 3 is 2.68 bits per heavy atom. The summed E-state index contributed by atoms with van der Waals surface area (Å²) in [7, 11) is 1.56. The van der Waals surface area contributed by atoms with E-state index in [0.29, 0.717) is 15.8 Å². The van der Waals surface area contributed by atoms with Gasteiger partial charge in [0, 0.05) is 11.8 Å². The predicted molar refractivity (Wildman–Crippen MR) is 106 cm³/mol. The van der Waals surface area contributed by atoms with Crippen LogP contribution in [0.25, 0.3) is 22.3 Å². The fourth-order valence-corrected chi connectivity index (χ4v) is 3.60. The first-order valence-electron chi connectivity index (χ1n) is 8.19. The number of ether oxygens (including phenoxy) is 2. The van der Waals surface area contributed by atoms with Gasteiger partial charge in [-0.05, 0) is 42.5 Å². The lowest BCUT2D eigenvalue weighted by molar-refractivity contribution is 0.301. The third kappa shape index (κ3) is 3.58. The number of nitrogens with zero attached hydrogens (tertiary/aromatic N) is 1. The van der Waals surface area contributed by atoms with Gasteiger partial charge in [0.15, 0.2) is 10.2 Å². The van der Waals surface area contributed by atoms with E-state index >= 15 is 0 Å². The molecule has 0 saturated heterocycles. The second-order valence-electron chi connectivity index (χ2n) is 5.83. The molecule has 0 fully saturated rings. The maximum Gasteiger partial charge on any atom is 0.235 e. The molecule has 0 bridgehead atoms. The molecule has 0 radical (unpaired) electrons. The second-order valence-corrected chi connectivity index (χ2v) is 7.52. The largest absolute Gasteiger partial charge is 0.497 e. The van der Waals surface area contributed by atoms with E-state index in [4.69, 9.17) is 25.5 Å². The van der Waals surface area contributed by atoms with Crippen molar-refractivity contribution < 1.29 is 18.3 Å². The summed E-state index contributed by atoms with van der Waals surface area (Å²) in [6.07, 6.45) is 1.57. The van der Waals surface area contributed by atoms with Crippen molar-refractivity contribution in [1.82, 2.24) is 4.98 Å². The molecule has 0 N–H and O–H groups in total. The molecule has 28 heavy (non-hydrogen) atoms. The number of methoxy groups -OCH3 is 1. The summed E-state index contributed by atoms with van der Waals surface area (Å²) in [5.74, 6) is 0.378. The first kappa shape index (κ1) is 18.5. The summed E-state index contributed by atoms with van der Waals surface area (Å²) in [5.41, 5.74) is 0.439.